The van der Waals surface area contributed by atoms with Crippen LogP contribution in [0.5, 0.6) is 5.88 Å². The van der Waals surface area contributed by atoms with Crippen LogP contribution in [0.3, 0.4) is 0 Å². The second kappa shape index (κ2) is 10.3. The van der Waals surface area contributed by atoms with E-state index in [1.54, 1.807) is 24.3 Å². The molecule has 4 rings (SSSR count). The number of H-pyrrole nitrogens is 1. The zero-order chi connectivity index (χ0) is 24.9. The summed E-state index contributed by atoms with van der Waals surface area (Å²) in [6, 6.07) is 14.4. The highest BCUT2D eigenvalue weighted by Gasteiger charge is 2.20. The van der Waals surface area contributed by atoms with Crippen molar-refractivity contribution < 1.29 is 19.4 Å². The van der Waals surface area contributed by atoms with E-state index in [0.29, 0.717) is 29.6 Å². The number of fused-ring (bicyclic) bond motifs is 1. The fourth-order valence-electron chi connectivity index (χ4n) is 3.95. The Balaban J connectivity index is 1.73. The maximum Gasteiger partial charge on any atom is 0.336 e. The Hall–Kier alpha value is -4.27. The third-order valence-corrected chi connectivity index (χ3v) is 5.65. The zero-order valence-electron chi connectivity index (χ0n) is 19.6. The molecule has 2 heterocycles. The molecule has 0 aliphatic rings. The van der Waals surface area contributed by atoms with Crippen molar-refractivity contribution in [2.45, 2.75) is 39.7 Å². The average molecular weight is 475 g/mol. The lowest BCUT2D eigenvalue weighted by Gasteiger charge is -2.11. The second-order valence-corrected chi connectivity index (χ2v) is 8.31. The van der Waals surface area contributed by atoms with Gasteiger partial charge in [0.15, 0.2) is 11.3 Å². The molecule has 2 N–H and O–H groups in total. The van der Waals surface area contributed by atoms with Crippen molar-refractivity contribution in [1.82, 2.24) is 19.7 Å². The highest BCUT2D eigenvalue weighted by Crippen LogP contribution is 2.26. The molecule has 180 valence electrons. The van der Waals surface area contributed by atoms with Gasteiger partial charge in [-0.25, -0.2) is 14.9 Å². The van der Waals surface area contributed by atoms with Crippen LogP contribution in [-0.4, -0.2) is 43.2 Å². The number of unbranched alkanes of at least 4 members (excludes halogenated alkanes) is 1. The van der Waals surface area contributed by atoms with Crippen LogP contribution in [0.2, 0.25) is 0 Å². The van der Waals surface area contributed by atoms with E-state index in [9.17, 15) is 19.5 Å². The third kappa shape index (κ3) is 5.13. The average Bonchev–Trinajstić information content (AvgIpc) is 3.21. The molecule has 35 heavy (non-hydrogen) atoms. The number of carboxylic acid groups (broad SMARTS) is 1. The van der Waals surface area contributed by atoms with E-state index in [1.807, 2.05) is 28.8 Å². The molecule has 0 fully saturated rings. The molecule has 4 aromatic rings. The molecular formula is C26H26N4O5. The first-order chi connectivity index (χ1) is 16.9. The van der Waals surface area contributed by atoms with Crippen molar-refractivity contribution in [3.63, 3.8) is 0 Å². The summed E-state index contributed by atoms with van der Waals surface area (Å²) < 4.78 is 7.35. The maximum absolute atomic E-state index is 12.8. The number of aromatic amines is 1. The molecule has 2 aromatic heterocycles. The predicted molar refractivity (Wildman–Crippen MR) is 131 cm³/mol. The van der Waals surface area contributed by atoms with Crippen molar-refractivity contribution in [2.24, 2.45) is 0 Å². The summed E-state index contributed by atoms with van der Waals surface area (Å²) in [5.41, 5.74) is 2.85. The number of aromatic nitrogens is 4. The fraction of sp³-hybridized carbons (Fsp3) is 0.269. The Kier molecular flexibility index (Phi) is 7.05. The Labute approximate surface area is 201 Å². The number of carbonyl (C=O) groups is 2. The number of hydrogen-bond acceptors (Lipinski definition) is 6. The SMILES string of the molecule is CCCCc1nc2c(OCC(C)=O)n[nH]c(=O)c2n1Cc1ccc(-c2ccccc2C(=O)O)cc1. The van der Waals surface area contributed by atoms with Gasteiger partial charge in [0.2, 0.25) is 0 Å². The summed E-state index contributed by atoms with van der Waals surface area (Å²) in [5, 5.41) is 15.9. The lowest BCUT2D eigenvalue weighted by molar-refractivity contribution is -0.118. The number of nitrogens with zero attached hydrogens (tertiary/aromatic N) is 3. The molecule has 0 unspecified atom stereocenters. The van der Waals surface area contributed by atoms with E-state index in [0.717, 1.165) is 29.8 Å². The molecule has 0 amide bonds. The van der Waals surface area contributed by atoms with Crippen LogP contribution in [-0.2, 0) is 17.8 Å². The molecule has 9 heteroatoms. The first-order valence-corrected chi connectivity index (χ1v) is 11.4. The van der Waals surface area contributed by atoms with Crippen LogP contribution in [0.25, 0.3) is 22.2 Å². The van der Waals surface area contributed by atoms with Crippen LogP contribution in [0, 0.1) is 0 Å². The molecule has 0 atom stereocenters. The first-order valence-electron chi connectivity index (χ1n) is 11.4. The summed E-state index contributed by atoms with van der Waals surface area (Å²) in [4.78, 5) is 40.4. The van der Waals surface area contributed by atoms with Crippen LogP contribution in [0.4, 0.5) is 0 Å². The molecule has 0 saturated heterocycles. The summed E-state index contributed by atoms with van der Waals surface area (Å²) in [6.07, 6.45) is 2.52. The van der Waals surface area contributed by atoms with Gasteiger partial charge in [0.25, 0.3) is 11.4 Å². The standard InChI is InChI=1S/C26H26N4O5/c1-3-4-9-21-27-22-23(24(32)28-29-25(22)35-15-16(2)31)30(21)14-17-10-12-18(13-11-17)19-7-5-6-8-20(19)26(33)34/h5-8,10-13H,3-4,9,14-15H2,1-2H3,(H,28,32)(H,33,34). The van der Waals surface area contributed by atoms with Gasteiger partial charge in [-0.1, -0.05) is 55.8 Å². The number of imidazole rings is 1. The number of Topliss-reactive ketones (excluding diaryl/α,β-unsaturated/α-hetero) is 1. The molecule has 0 bridgehead atoms. The third-order valence-electron chi connectivity index (χ3n) is 5.65. The molecule has 2 aromatic carbocycles. The minimum absolute atomic E-state index is 0.118. The van der Waals surface area contributed by atoms with Crippen molar-refractivity contribution in [3.05, 3.63) is 75.8 Å². The molecule has 0 spiro atoms. The lowest BCUT2D eigenvalue weighted by Crippen LogP contribution is -2.16. The van der Waals surface area contributed by atoms with Gasteiger partial charge in [-0.2, -0.15) is 0 Å². The van der Waals surface area contributed by atoms with Gasteiger partial charge >= 0.3 is 5.97 Å². The van der Waals surface area contributed by atoms with E-state index in [1.165, 1.54) is 6.92 Å². The monoisotopic (exact) mass is 474 g/mol. The van der Waals surface area contributed by atoms with Gasteiger partial charge < -0.3 is 14.4 Å². The van der Waals surface area contributed by atoms with Gasteiger partial charge in [0.05, 0.1) is 5.56 Å². The fourth-order valence-corrected chi connectivity index (χ4v) is 3.95. The van der Waals surface area contributed by atoms with Crippen molar-refractivity contribution in [2.75, 3.05) is 6.61 Å². The Bertz CT molecular complexity index is 1440. The van der Waals surface area contributed by atoms with E-state index in [4.69, 9.17) is 4.74 Å². The quantitative estimate of drug-likeness (QED) is 0.357. The number of carbonyl (C=O) groups excluding carboxylic acids is 1. The molecule has 0 radical (unpaired) electrons. The van der Waals surface area contributed by atoms with Gasteiger partial charge in [-0.3, -0.25) is 9.59 Å². The molecule has 0 aliphatic heterocycles. The van der Waals surface area contributed by atoms with Crippen molar-refractivity contribution >= 4 is 22.8 Å². The lowest BCUT2D eigenvalue weighted by atomic mass is 9.99. The smallest absolute Gasteiger partial charge is 0.336 e. The Morgan fingerprint density at radius 3 is 2.54 bits per heavy atom. The van der Waals surface area contributed by atoms with E-state index < -0.39 is 11.5 Å². The molecule has 0 aliphatic carbocycles. The van der Waals surface area contributed by atoms with E-state index in [2.05, 4.69) is 22.1 Å². The number of aryl methyl sites for hydroxylation is 1. The first kappa shape index (κ1) is 23.9. The summed E-state index contributed by atoms with van der Waals surface area (Å²) in [6.45, 7) is 3.71. The number of ether oxygens (including phenoxy) is 1. The molecular weight excluding hydrogens is 448 g/mol. The van der Waals surface area contributed by atoms with E-state index in [-0.39, 0.29) is 23.8 Å². The van der Waals surface area contributed by atoms with Gasteiger partial charge in [0, 0.05) is 13.0 Å². The van der Waals surface area contributed by atoms with Crippen LogP contribution < -0.4 is 10.3 Å². The minimum Gasteiger partial charge on any atom is -0.478 e. The van der Waals surface area contributed by atoms with Gasteiger partial charge in [0.1, 0.15) is 17.9 Å². The van der Waals surface area contributed by atoms with Gasteiger partial charge in [-0.05, 0) is 36.1 Å². The number of nitrogens with one attached hydrogen (secondary N) is 1. The van der Waals surface area contributed by atoms with E-state index >= 15 is 0 Å². The number of benzene rings is 2. The second-order valence-electron chi connectivity index (χ2n) is 8.31. The Morgan fingerprint density at radius 1 is 1.11 bits per heavy atom. The molecule has 9 nitrogen and oxygen atoms in total. The van der Waals surface area contributed by atoms with Gasteiger partial charge in [-0.15, -0.1) is 5.10 Å². The maximum atomic E-state index is 12.8. The highest BCUT2D eigenvalue weighted by atomic mass is 16.5. The largest absolute Gasteiger partial charge is 0.478 e. The molecule has 0 saturated carbocycles. The van der Waals surface area contributed by atoms with Crippen LogP contribution in [0.15, 0.2) is 53.3 Å². The van der Waals surface area contributed by atoms with Crippen molar-refractivity contribution in [3.8, 4) is 17.0 Å². The number of rotatable bonds is 10. The summed E-state index contributed by atoms with van der Waals surface area (Å²) in [5.74, 6) is -0.299. The highest BCUT2D eigenvalue weighted by molar-refractivity contribution is 5.96. The number of hydrogen-bond donors (Lipinski definition) is 2. The number of carboxylic acids is 1. The number of aromatic carboxylic acids is 1. The topological polar surface area (TPSA) is 127 Å². The van der Waals surface area contributed by atoms with Crippen molar-refractivity contribution in [1.29, 1.82) is 0 Å². The summed E-state index contributed by atoms with van der Waals surface area (Å²) in [7, 11) is 0. The number of ketones is 1. The normalized spacial score (nSPS) is 11.0. The summed E-state index contributed by atoms with van der Waals surface area (Å²) >= 11 is 0. The van der Waals surface area contributed by atoms with Crippen LogP contribution in [0.1, 0.15) is 48.4 Å². The predicted octanol–water partition coefficient (Wildman–Crippen LogP) is 3.84. The minimum atomic E-state index is -0.981. The zero-order valence-corrected chi connectivity index (χ0v) is 19.6. The van der Waals surface area contributed by atoms with Crippen LogP contribution >= 0.6 is 0 Å². The Morgan fingerprint density at radius 2 is 1.86 bits per heavy atom.